The minimum atomic E-state index is -1.82. The van der Waals surface area contributed by atoms with Gasteiger partial charge in [0.1, 0.15) is 0 Å². The number of nitrogens with one attached hydrogen (secondary N) is 1. The third-order valence-corrected chi connectivity index (χ3v) is 2.18. The number of hydrogen-bond acceptors (Lipinski definition) is 4. The molecule has 1 aromatic rings. The summed E-state index contributed by atoms with van der Waals surface area (Å²) in [6.45, 7) is 2.09. The summed E-state index contributed by atoms with van der Waals surface area (Å²) in [4.78, 5) is 18.2. The zero-order valence-electron chi connectivity index (χ0n) is 10.2. The van der Waals surface area contributed by atoms with Crippen molar-refractivity contribution in [3.63, 3.8) is 0 Å². The number of benzene rings is 1. The predicted octanol–water partition coefficient (Wildman–Crippen LogP) is 0.627. The van der Waals surface area contributed by atoms with Crippen molar-refractivity contribution in [2.45, 2.75) is 25.8 Å². The van der Waals surface area contributed by atoms with Crippen LogP contribution in [-0.2, 0) is 16.0 Å². The maximum atomic E-state index is 9.10. The summed E-state index contributed by atoms with van der Waals surface area (Å²) in [6, 6.07) is 10.8. The molecule has 0 saturated heterocycles. The van der Waals surface area contributed by atoms with E-state index in [1.54, 1.807) is 0 Å². The fourth-order valence-corrected chi connectivity index (χ4v) is 1.11. The van der Waals surface area contributed by atoms with E-state index in [1.807, 2.05) is 6.07 Å². The Kier molecular flexibility index (Phi) is 8.17. The van der Waals surface area contributed by atoms with Gasteiger partial charge in [0.2, 0.25) is 0 Å². The van der Waals surface area contributed by atoms with Crippen molar-refractivity contribution in [3.05, 3.63) is 35.9 Å². The van der Waals surface area contributed by atoms with Crippen LogP contribution in [0.4, 0.5) is 0 Å². The Balaban J connectivity index is 0.000000411. The largest absolute Gasteiger partial charge is 0.473 e. The van der Waals surface area contributed by atoms with Crippen LogP contribution in [0.2, 0.25) is 0 Å². The Morgan fingerprint density at radius 3 is 2.11 bits per heavy atom. The normalized spacial score (nSPS) is 11.0. The lowest BCUT2D eigenvalue weighted by atomic mass is 10.1. The molecule has 1 aromatic carbocycles. The first-order chi connectivity index (χ1) is 8.47. The number of aliphatic carboxylic acids is 2. The quantitative estimate of drug-likeness (QED) is 0.356. The monoisotopic (exact) mass is 254 g/mol. The van der Waals surface area contributed by atoms with Crippen LogP contribution in [0.5, 0.6) is 0 Å². The van der Waals surface area contributed by atoms with Gasteiger partial charge in [-0.05, 0) is 25.3 Å². The average Bonchev–Trinajstić information content (AvgIpc) is 2.37. The molecule has 0 radical (unpaired) electrons. The Bertz CT molecular complexity index is 356. The number of carbonyl (C=O) groups is 2. The zero-order valence-corrected chi connectivity index (χ0v) is 10.2. The molecule has 0 heterocycles. The summed E-state index contributed by atoms with van der Waals surface area (Å²) in [6.07, 6.45) is 2.17. The van der Waals surface area contributed by atoms with Crippen molar-refractivity contribution < 1.29 is 19.8 Å². The summed E-state index contributed by atoms with van der Waals surface area (Å²) in [7, 11) is 0. The topological polar surface area (TPSA) is 113 Å². The van der Waals surface area contributed by atoms with Gasteiger partial charge < -0.3 is 10.2 Å². The number of hydrazine groups is 1. The Morgan fingerprint density at radius 1 is 1.22 bits per heavy atom. The third kappa shape index (κ3) is 8.26. The molecule has 0 saturated carbocycles. The number of carboxylic acids is 2. The fraction of sp³-hybridized carbons (Fsp3) is 0.333. The molecular formula is C12H18N2O4. The number of hydrogen-bond donors (Lipinski definition) is 4. The maximum Gasteiger partial charge on any atom is 0.414 e. The molecule has 0 fully saturated rings. The van der Waals surface area contributed by atoms with Gasteiger partial charge in [-0.1, -0.05) is 30.3 Å². The highest BCUT2D eigenvalue weighted by molar-refractivity contribution is 6.27. The molecule has 5 N–H and O–H groups in total. The molecule has 6 nitrogen and oxygen atoms in total. The van der Waals surface area contributed by atoms with E-state index in [0.717, 1.165) is 12.8 Å². The molecule has 18 heavy (non-hydrogen) atoms. The van der Waals surface area contributed by atoms with E-state index in [2.05, 4.69) is 36.6 Å². The molecule has 1 atom stereocenters. The van der Waals surface area contributed by atoms with Crippen LogP contribution in [0.3, 0.4) is 0 Å². The van der Waals surface area contributed by atoms with Gasteiger partial charge in [-0.3, -0.25) is 11.3 Å². The molecule has 0 amide bonds. The van der Waals surface area contributed by atoms with Crippen LogP contribution in [0.25, 0.3) is 0 Å². The number of carboxylic acid groups (broad SMARTS) is 2. The van der Waals surface area contributed by atoms with Gasteiger partial charge in [-0.2, -0.15) is 0 Å². The molecular weight excluding hydrogens is 236 g/mol. The summed E-state index contributed by atoms with van der Waals surface area (Å²) in [5.41, 5.74) is 4.11. The molecule has 0 spiro atoms. The second kappa shape index (κ2) is 9.15. The highest BCUT2D eigenvalue weighted by Crippen LogP contribution is 2.03. The van der Waals surface area contributed by atoms with Gasteiger partial charge in [0.15, 0.2) is 0 Å². The molecule has 1 rings (SSSR count). The van der Waals surface area contributed by atoms with E-state index < -0.39 is 11.9 Å². The van der Waals surface area contributed by atoms with Crippen LogP contribution < -0.4 is 11.3 Å². The number of rotatable bonds is 4. The van der Waals surface area contributed by atoms with E-state index in [1.165, 1.54) is 5.56 Å². The molecule has 0 aliphatic heterocycles. The highest BCUT2D eigenvalue weighted by Gasteiger charge is 2.04. The lowest BCUT2D eigenvalue weighted by molar-refractivity contribution is -0.159. The van der Waals surface area contributed by atoms with Crippen LogP contribution in [0.1, 0.15) is 18.9 Å². The second-order valence-electron chi connectivity index (χ2n) is 3.70. The summed E-state index contributed by atoms with van der Waals surface area (Å²) in [5.74, 6) is 1.64. The van der Waals surface area contributed by atoms with Crippen molar-refractivity contribution in [1.29, 1.82) is 0 Å². The smallest absolute Gasteiger partial charge is 0.414 e. The van der Waals surface area contributed by atoms with Crippen LogP contribution >= 0.6 is 0 Å². The van der Waals surface area contributed by atoms with E-state index in [4.69, 9.17) is 25.6 Å². The van der Waals surface area contributed by atoms with Crippen molar-refractivity contribution >= 4 is 11.9 Å². The summed E-state index contributed by atoms with van der Waals surface area (Å²) < 4.78 is 0. The summed E-state index contributed by atoms with van der Waals surface area (Å²) >= 11 is 0. The van der Waals surface area contributed by atoms with Gasteiger partial charge in [-0.25, -0.2) is 9.59 Å². The molecule has 100 valence electrons. The van der Waals surface area contributed by atoms with E-state index >= 15 is 0 Å². The first kappa shape index (κ1) is 16.1. The standard InChI is InChI=1S/C10H16N2.C2H2O4/c1-9(12-11)7-8-10-5-3-2-4-6-10;3-1(4)2(5)6/h2-6,9,12H,7-8,11H2,1H3;(H,3,4)(H,5,6). The molecule has 0 aliphatic rings. The molecule has 6 heteroatoms. The molecule has 0 aliphatic carbocycles. The van der Waals surface area contributed by atoms with Crippen LogP contribution in [0, 0.1) is 0 Å². The van der Waals surface area contributed by atoms with Crippen molar-refractivity contribution in [3.8, 4) is 0 Å². The van der Waals surface area contributed by atoms with E-state index in [0.29, 0.717) is 6.04 Å². The van der Waals surface area contributed by atoms with Gasteiger partial charge >= 0.3 is 11.9 Å². The Morgan fingerprint density at radius 2 is 1.72 bits per heavy atom. The van der Waals surface area contributed by atoms with Gasteiger partial charge in [0, 0.05) is 6.04 Å². The number of aryl methyl sites for hydroxylation is 1. The van der Waals surface area contributed by atoms with Crippen LogP contribution in [-0.4, -0.2) is 28.2 Å². The second-order valence-corrected chi connectivity index (χ2v) is 3.70. The van der Waals surface area contributed by atoms with Crippen molar-refractivity contribution in [2.75, 3.05) is 0 Å². The Labute approximate surface area is 105 Å². The first-order valence-corrected chi connectivity index (χ1v) is 5.43. The minimum Gasteiger partial charge on any atom is -0.473 e. The van der Waals surface area contributed by atoms with Gasteiger partial charge in [0.25, 0.3) is 0 Å². The minimum absolute atomic E-state index is 0.394. The molecule has 1 unspecified atom stereocenters. The first-order valence-electron chi connectivity index (χ1n) is 5.43. The lowest BCUT2D eigenvalue weighted by Crippen LogP contribution is -2.32. The maximum absolute atomic E-state index is 9.10. The average molecular weight is 254 g/mol. The van der Waals surface area contributed by atoms with Crippen molar-refractivity contribution in [1.82, 2.24) is 5.43 Å². The van der Waals surface area contributed by atoms with Gasteiger partial charge in [0.05, 0.1) is 0 Å². The van der Waals surface area contributed by atoms with E-state index in [-0.39, 0.29) is 0 Å². The fourth-order valence-electron chi connectivity index (χ4n) is 1.11. The van der Waals surface area contributed by atoms with Crippen LogP contribution in [0.15, 0.2) is 30.3 Å². The van der Waals surface area contributed by atoms with Gasteiger partial charge in [-0.15, -0.1) is 0 Å². The van der Waals surface area contributed by atoms with Crippen molar-refractivity contribution in [2.24, 2.45) is 5.84 Å². The number of nitrogens with two attached hydrogens (primary N) is 1. The predicted molar refractivity (Wildman–Crippen MR) is 66.8 cm³/mol. The molecule has 0 bridgehead atoms. The lowest BCUT2D eigenvalue weighted by Gasteiger charge is -2.08. The van der Waals surface area contributed by atoms with E-state index in [9.17, 15) is 0 Å². The SMILES string of the molecule is CC(CCc1ccccc1)NN.O=C(O)C(=O)O. The summed E-state index contributed by atoms with van der Waals surface area (Å²) in [5, 5.41) is 14.8. The highest BCUT2D eigenvalue weighted by atomic mass is 16.4. The Hall–Kier alpha value is -1.92. The molecule has 0 aromatic heterocycles. The zero-order chi connectivity index (χ0) is 14.0. The third-order valence-electron chi connectivity index (χ3n) is 2.18.